The summed E-state index contributed by atoms with van der Waals surface area (Å²) >= 11 is 0. The summed E-state index contributed by atoms with van der Waals surface area (Å²) in [5, 5.41) is 15.1. The number of rotatable bonds is 4. The van der Waals surface area contributed by atoms with Crippen LogP contribution in [0.5, 0.6) is 0 Å². The topological polar surface area (TPSA) is 0 Å². The summed E-state index contributed by atoms with van der Waals surface area (Å²) in [6.45, 7) is 0. The minimum absolute atomic E-state index is 1.21. The standard InChI is InChI=1S/C54H34/c1-2-13-36(14-3-1)44-30-31-49(46-19-9-8-18-45(44)46)54-48-21-11-10-20-47(48)53(42-27-22-35-12-4-5-16-39(35)32-42)52-34-41(28-29-50(52)54)40-26-25-38-24-23-37-15-6-7-17-43(37)51(38)33-40/h1-34H. The van der Waals surface area contributed by atoms with Crippen LogP contribution in [-0.2, 0) is 0 Å². The minimum Gasteiger partial charge on any atom is -0.0622 e. The molecule has 0 unspecified atom stereocenters. The fraction of sp³-hybridized carbons (Fsp3) is 0. The Morgan fingerprint density at radius 3 is 1.44 bits per heavy atom. The van der Waals surface area contributed by atoms with Gasteiger partial charge in [0.2, 0.25) is 0 Å². The average molecular weight is 683 g/mol. The van der Waals surface area contributed by atoms with Crippen molar-refractivity contribution >= 4 is 64.6 Å². The van der Waals surface area contributed by atoms with Crippen molar-refractivity contribution in [3.05, 3.63) is 206 Å². The van der Waals surface area contributed by atoms with Gasteiger partial charge >= 0.3 is 0 Å². The van der Waals surface area contributed by atoms with Crippen LogP contribution >= 0.6 is 0 Å². The Kier molecular flexibility index (Phi) is 6.97. The third-order valence-electron chi connectivity index (χ3n) is 11.4. The van der Waals surface area contributed by atoms with Crippen LogP contribution in [0.15, 0.2) is 206 Å². The minimum atomic E-state index is 1.21. The van der Waals surface area contributed by atoms with Crippen molar-refractivity contribution in [2.75, 3.05) is 0 Å². The monoisotopic (exact) mass is 682 g/mol. The van der Waals surface area contributed by atoms with Crippen molar-refractivity contribution < 1.29 is 0 Å². The molecular formula is C54H34. The Balaban J connectivity index is 1.24. The number of hydrogen-bond donors (Lipinski definition) is 0. The van der Waals surface area contributed by atoms with Crippen LogP contribution in [0.1, 0.15) is 0 Å². The first-order chi connectivity index (χ1) is 26.8. The van der Waals surface area contributed by atoms with Gasteiger partial charge in [-0.25, -0.2) is 0 Å². The molecule has 11 aromatic carbocycles. The third kappa shape index (κ3) is 4.85. The maximum atomic E-state index is 2.45. The van der Waals surface area contributed by atoms with E-state index in [9.17, 15) is 0 Å². The Labute approximate surface area is 314 Å². The van der Waals surface area contributed by atoms with Crippen LogP contribution in [0.3, 0.4) is 0 Å². The second kappa shape index (κ2) is 12.3. The van der Waals surface area contributed by atoms with Crippen molar-refractivity contribution in [2.45, 2.75) is 0 Å². The highest BCUT2D eigenvalue weighted by Gasteiger charge is 2.20. The molecule has 0 radical (unpaired) electrons. The molecule has 0 amide bonds. The quantitative estimate of drug-likeness (QED) is 0.128. The van der Waals surface area contributed by atoms with Crippen molar-refractivity contribution in [3.8, 4) is 44.5 Å². The van der Waals surface area contributed by atoms with E-state index in [0.29, 0.717) is 0 Å². The van der Waals surface area contributed by atoms with E-state index in [1.165, 1.54) is 109 Å². The van der Waals surface area contributed by atoms with E-state index in [2.05, 4.69) is 206 Å². The van der Waals surface area contributed by atoms with E-state index >= 15 is 0 Å². The van der Waals surface area contributed by atoms with E-state index in [1.54, 1.807) is 0 Å². The van der Waals surface area contributed by atoms with Gasteiger partial charge in [0.15, 0.2) is 0 Å². The Morgan fingerprint density at radius 1 is 0.185 bits per heavy atom. The first-order valence-electron chi connectivity index (χ1n) is 18.8. The molecule has 0 aliphatic heterocycles. The molecule has 0 fully saturated rings. The van der Waals surface area contributed by atoms with E-state index in [4.69, 9.17) is 0 Å². The molecule has 11 aromatic rings. The largest absolute Gasteiger partial charge is 0.0622 e. The molecule has 0 aliphatic carbocycles. The zero-order valence-electron chi connectivity index (χ0n) is 29.6. The smallest absolute Gasteiger partial charge is 0.00201 e. The summed E-state index contributed by atoms with van der Waals surface area (Å²) in [5.74, 6) is 0. The third-order valence-corrected chi connectivity index (χ3v) is 11.4. The Bertz CT molecular complexity index is 3260. The van der Waals surface area contributed by atoms with Gasteiger partial charge < -0.3 is 0 Å². The molecule has 0 N–H and O–H groups in total. The highest BCUT2D eigenvalue weighted by atomic mass is 14.2. The molecular weight excluding hydrogens is 649 g/mol. The van der Waals surface area contributed by atoms with Gasteiger partial charge in [-0.1, -0.05) is 188 Å². The van der Waals surface area contributed by atoms with Crippen LogP contribution in [0, 0.1) is 0 Å². The maximum absolute atomic E-state index is 2.45. The SMILES string of the molecule is c1ccc(-c2ccc(-c3c4ccccc4c(-c4ccc5ccccc5c4)c4cc(-c5ccc6ccc7ccccc7c6c5)ccc34)c3ccccc23)cc1. The molecule has 0 spiro atoms. The van der Waals surface area contributed by atoms with Gasteiger partial charge in [-0.15, -0.1) is 0 Å². The zero-order valence-corrected chi connectivity index (χ0v) is 29.6. The normalized spacial score (nSPS) is 11.7. The predicted molar refractivity (Wildman–Crippen MR) is 233 cm³/mol. The second-order valence-corrected chi connectivity index (χ2v) is 14.4. The maximum Gasteiger partial charge on any atom is -0.00201 e. The van der Waals surface area contributed by atoms with Crippen molar-refractivity contribution in [2.24, 2.45) is 0 Å². The van der Waals surface area contributed by atoms with Crippen LogP contribution in [0.4, 0.5) is 0 Å². The van der Waals surface area contributed by atoms with Crippen molar-refractivity contribution in [1.29, 1.82) is 0 Å². The number of benzene rings is 11. The molecule has 0 aliphatic rings. The molecule has 0 bridgehead atoms. The molecule has 0 nitrogen and oxygen atoms in total. The molecule has 0 heterocycles. The highest BCUT2D eigenvalue weighted by Crippen LogP contribution is 2.48. The summed E-state index contributed by atoms with van der Waals surface area (Å²) in [6.07, 6.45) is 0. The van der Waals surface area contributed by atoms with Crippen LogP contribution in [0.2, 0.25) is 0 Å². The lowest BCUT2D eigenvalue weighted by Crippen LogP contribution is -1.93. The molecule has 0 saturated carbocycles. The van der Waals surface area contributed by atoms with Crippen molar-refractivity contribution in [3.63, 3.8) is 0 Å². The van der Waals surface area contributed by atoms with Gasteiger partial charge in [0, 0.05) is 0 Å². The van der Waals surface area contributed by atoms with E-state index < -0.39 is 0 Å². The summed E-state index contributed by atoms with van der Waals surface area (Å²) < 4.78 is 0. The van der Waals surface area contributed by atoms with E-state index in [1.807, 2.05) is 0 Å². The number of fused-ring (bicyclic) bond motifs is 7. The Hall–Kier alpha value is -7.02. The summed E-state index contributed by atoms with van der Waals surface area (Å²) in [5.41, 5.74) is 9.94. The zero-order chi connectivity index (χ0) is 35.6. The van der Waals surface area contributed by atoms with Crippen LogP contribution in [0.25, 0.3) is 109 Å². The van der Waals surface area contributed by atoms with Gasteiger partial charge in [-0.3, -0.25) is 0 Å². The second-order valence-electron chi connectivity index (χ2n) is 14.4. The predicted octanol–water partition coefficient (Wildman–Crippen LogP) is 15.3. The molecule has 11 rings (SSSR count). The molecule has 0 saturated heterocycles. The first kappa shape index (κ1) is 30.6. The summed E-state index contributed by atoms with van der Waals surface area (Å²) in [6, 6.07) is 76.3. The van der Waals surface area contributed by atoms with Crippen LogP contribution in [-0.4, -0.2) is 0 Å². The van der Waals surface area contributed by atoms with Crippen LogP contribution < -0.4 is 0 Å². The first-order valence-corrected chi connectivity index (χ1v) is 18.8. The molecule has 0 heteroatoms. The average Bonchev–Trinajstić information content (AvgIpc) is 3.25. The molecule has 0 aromatic heterocycles. The van der Waals surface area contributed by atoms with E-state index in [0.717, 1.165) is 0 Å². The fourth-order valence-corrected chi connectivity index (χ4v) is 8.87. The lowest BCUT2D eigenvalue weighted by molar-refractivity contribution is 1.64. The molecule has 0 atom stereocenters. The highest BCUT2D eigenvalue weighted by molar-refractivity contribution is 6.25. The Morgan fingerprint density at radius 2 is 0.667 bits per heavy atom. The van der Waals surface area contributed by atoms with Gasteiger partial charge in [0.25, 0.3) is 0 Å². The molecule has 54 heavy (non-hydrogen) atoms. The number of hydrogen-bond acceptors (Lipinski definition) is 0. The van der Waals surface area contributed by atoms with E-state index in [-0.39, 0.29) is 0 Å². The summed E-state index contributed by atoms with van der Waals surface area (Å²) in [4.78, 5) is 0. The fourth-order valence-electron chi connectivity index (χ4n) is 8.87. The lowest BCUT2D eigenvalue weighted by atomic mass is 9.82. The molecule has 250 valence electrons. The lowest BCUT2D eigenvalue weighted by Gasteiger charge is -2.21. The van der Waals surface area contributed by atoms with Gasteiger partial charge in [-0.05, 0) is 127 Å². The summed E-state index contributed by atoms with van der Waals surface area (Å²) in [7, 11) is 0. The van der Waals surface area contributed by atoms with Crippen molar-refractivity contribution in [1.82, 2.24) is 0 Å². The van der Waals surface area contributed by atoms with Gasteiger partial charge in [-0.2, -0.15) is 0 Å². The van der Waals surface area contributed by atoms with Gasteiger partial charge in [0.1, 0.15) is 0 Å². The van der Waals surface area contributed by atoms with Gasteiger partial charge in [0.05, 0.1) is 0 Å².